The first kappa shape index (κ1) is 17.0. The number of piperidine rings is 1. The molecule has 25 heavy (non-hydrogen) atoms. The Morgan fingerprint density at radius 2 is 1.84 bits per heavy atom. The lowest BCUT2D eigenvalue weighted by molar-refractivity contribution is -0.138. The summed E-state index contributed by atoms with van der Waals surface area (Å²) >= 11 is 0. The number of hydrogen-bond acceptors (Lipinski definition) is 4. The Kier molecular flexibility index (Phi) is 5.32. The number of carbonyl (C=O) groups excluding carboxylic acids is 1. The fourth-order valence-electron chi connectivity index (χ4n) is 4.71. The highest BCUT2D eigenvalue weighted by atomic mass is 16.5. The molecule has 3 aliphatic rings. The molecule has 3 aliphatic heterocycles. The van der Waals surface area contributed by atoms with Gasteiger partial charge in [0.25, 0.3) is 0 Å². The van der Waals surface area contributed by atoms with Gasteiger partial charge in [-0.2, -0.15) is 0 Å². The Balaban J connectivity index is 1.35. The third-order valence-corrected chi connectivity index (χ3v) is 6.15. The van der Waals surface area contributed by atoms with Gasteiger partial charge in [0, 0.05) is 37.9 Å². The van der Waals surface area contributed by atoms with Gasteiger partial charge < -0.3 is 14.5 Å². The van der Waals surface area contributed by atoms with Gasteiger partial charge in [0.15, 0.2) is 0 Å². The number of ether oxygens (including phenoxy) is 1. The number of hydrogen-bond donors (Lipinski definition) is 0. The monoisotopic (exact) mass is 343 g/mol. The molecule has 3 saturated heterocycles. The molecule has 0 aromatic carbocycles. The van der Waals surface area contributed by atoms with Gasteiger partial charge in [0.2, 0.25) is 5.91 Å². The normalized spacial score (nSPS) is 26.9. The van der Waals surface area contributed by atoms with Crippen molar-refractivity contribution in [1.82, 2.24) is 14.8 Å². The summed E-state index contributed by atoms with van der Waals surface area (Å²) in [5.74, 6) is 0.556. The van der Waals surface area contributed by atoms with Crippen LogP contribution in [0.3, 0.4) is 0 Å². The van der Waals surface area contributed by atoms with E-state index in [0.717, 1.165) is 77.1 Å². The van der Waals surface area contributed by atoms with Crippen LogP contribution in [0.1, 0.15) is 50.3 Å². The molecule has 4 heterocycles. The highest BCUT2D eigenvalue weighted by Crippen LogP contribution is 2.34. The number of pyridine rings is 1. The van der Waals surface area contributed by atoms with Crippen molar-refractivity contribution in [2.24, 2.45) is 5.92 Å². The average molecular weight is 343 g/mol. The van der Waals surface area contributed by atoms with Crippen molar-refractivity contribution >= 4 is 5.91 Å². The lowest BCUT2D eigenvalue weighted by Gasteiger charge is -2.40. The zero-order valence-electron chi connectivity index (χ0n) is 15.0. The van der Waals surface area contributed by atoms with Crippen molar-refractivity contribution in [3.05, 3.63) is 30.1 Å². The van der Waals surface area contributed by atoms with Crippen LogP contribution in [0.2, 0.25) is 0 Å². The maximum Gasteiger partial charge on any atom is 0.226 e. The molecular formula is C20H29N3O2. The predicted molar refractivity (Wildman–Crippen MR) is 96.1 cm³/mol. The van der Waals surface area contributed by atoms with Crippen LogP contribution in [-0.4, -0.2) is 59.6 Å². The van der Waals surface area contributed by atoms with E-state index in [-0.39, 0.29) is 12.0 Å². The maximum atomic E-state index is 13.1. The molecular weight excluding hydrogens is 314 g/mol. The minimum absolute atomic E-state index is 0.183. The summed E-state index contributed by atoms with van der Waals surface area (Å²) in [5.41, 5.74) is 1.05. The number of rotatable bonds is 3. The molecule has 0 aliphatic carbocycles. The van der Waals surface area contributed by atoms with Crippen molar-refractivity contribution in [2.75, 3.05) is 32.8 Å². The molecule has 0 spiro atoms. The highest BCUT2D eigenvalue weighted by Gasteiger charge is 2.36. The standard InChI is InChI=1S/C20H29N3O2/c24-20(23-11-3-5-19(23)18-4-1-2-10-21-18)16-6-12-22(13-7-16)17-8-14-25-15-9-17/h1-2,4,10,16-17,19H,3,5-9,11-15H2/t19-/m1/s1. The zero-order valence-corrected chi connectivity index (χ0v) is 15.0. The van der Waals surface area contributed by atoms with Crippen molar-refractivity contribution in [3.8, 4) is 0 Å². The Labute approximate surface area is 150 Å². The van der Waals surface area contributed by atoms with E-state index < -0.39 is 0 Å². The summed E-state index contributed by atoms with van der Waals surface area (Å²) < 4.78 is 5.48. The molecule has 1 atom stereocenters. The summed E-state index contributed by atoms with van der Waals surface area (Å²) in [6.07, 6.45) is 8.27. The van der Waals surface area contributed by atoms with Crippen LogP contribution in [-0.2, 0) is 9.53 Å². The molecule has 1 amide bonds. The van der Waals surface area contributed by atoms with Crippen LogP contribution in [0, 0.1) is 5.92 Å². The van der Waals surface area contributed by atoms with Crippen LogP contribution >= 0.6 is 0 Å². The molecule has 0 N–H and O–H groups in total. The molecule has 4 rings (SSSR count). The molecule has 0 unspecified atom stereocenters. The first-order chi connectivity index (χ1) is 12.3. The van der Waals surface area contributed by atoms with Crippen LogP contribution < -0.4 is 0 Å². The molecule has 136 valence electrons. The molecule has 5 heteroatoms. The first-order valence-electron chi connectivity index (χ1n) is 9.86. The third-order valence-electron chi connectivity index (χ3n) is 6.15. The Hall–Kier alpha value is -1.46. The second kappa shape index (κ2) is 7.83. The molecule has 0 radical (unpaired) electrons. The Bertz CT molecular complexity index is 566. The highest BCUT2D eigenvalue weighted by molar-refractivity contribution is 5.79. The number of amides is 1. The van der Waals surface area contributed by atoms with E-state index in [1.807, 2.05) is 18.3 Å². The van der Waals surface area contributed by atoms with Gasteiger partial charge in [-0.3, -0.25) is 9.78 Å². The number of likely N-dealkylation sites (tertiary alicyclic amines) is 2. The van der Waals surface area contributed by atoms with Crippen molar-refractivity contribution < 1.29 is 9.53 Å². The van der Waals surface area contributed by atoms with Crippen LogP contribution in [0.25, 0.3) is 0 Å². The van der Waals surface area contributed by atoms with E-state index in [1.54, 1.807) is 0 Å². The zero-order chi connectivity index (χ0) is 17.1. The van der Waals surface area contributed by atoms with Gasteiger partial charge in [-0.1, -0.05) is 6.07 Å². The molecule has 1 aromatic heterocycles. The largest absolute Gasteiger partial charge is 0.381 e. The number of carbonyl (C=O) groups is 1. The second-order valence-corrected chi connectivity index (χ2v) is 7.60. The van der Waals surface area contributed by atoms with Gasteiger partial charge >= 0.3 is 0 Å². The fraction of sp³-hybridized carbons (Fsp3) is 0.700. The van der Waals surface area contributed by atoms with Crippen molar-refractivity contribution in [3.63, 3.8) is 0 Å². The lowest BCUT2D eigenvalue weighted by atomic mass is 9.92. The SMILES string of the molecule is O=C(C1CCN(C2CCOCC2)CC1)N1CCC[C@@H]1c1ccccn1. The summed E-state index contributed by atoms with van der Waals surface area (Å²) in [5, 5.41) is 0. The topological polar surface area (TPSA) is 45.7 Å². The van der Waals surface area contributed by atoms with E-state index in [9.17, 15) is 4.79 Å². The van der Waals surface area contributed by atoms with Gasteiger partial charge in [0.05, 0.1) is 11.7 Å². The smallest absolute Gasteiger partial charge is 0.226 e. The average Bonchev–Trinajstić information content (AvgIpc) is 3.19. The van der Waals surface area contributed by atoms with E-state index in [0.29, 0.717) is 11.9 Å². The summed E-state index contributed by atoms with van der Waals surface area (Å²) in [7, 11) is 0. The summed E-state index contributed by atoms with van der Waals surface area (Å²) in [6.45, 7) is 4.79. The lowest BCUT2D eigenvalue weighted by Crippen LogP contribution is -2.47. The third kappa shape index (κ3) is 3.72. The van der Waals surface area contributed by atoms with Crippen LogP contribution in [0.15, 0.2) is 24.4 Å². The van der Waals surface area contributed by atoms with E-state index in [2.05, 4.69) is 20.9 Å². The van der Waals surface area contributed by atoms with Gasteiger partial charge in [0.1, 0.15) is 0 Å². The van der Waals surface area contributed by atoms with Crippen LogP contribution in [0.5, 0.6) is 0 Å². The van der Waals surface area contributed by atoms with E-state index >= 15 is 0 Å². The van der Waals surface area contributed by atoms with Crippen molar-refractivity contribution in [1.29, 1.82) is 0 Å². The molecule has 3 fully saturated rings. The quantitative estimate of drug-likeness (QED) is 0.846. The van der Waals surface area contributed by atoms with Gasteiger partial charge in [-0.15, -0.1) is 0 Å². The number of nitrogens with zero attached hydrogens (tertiary/aromatic N) is 3. The Morgan fingerprint density at radius 1 is 1.04 bits per heavy atom. The predicted octanol–water partition coefficient (Wildman–Crippen LogP) is 2.64. The van der Waals surface area contributed by atoms with Crippen molar-refractivity contribution in [2.45, 2.75) is 50.6 Å². The minimum Gasteiger partial charge on any atom is -0.381 e. The van der Waals surface area contributed by atoms with E-state index in [4.69, 9.17) is 4.74 Å². The Morgan fingerprint density at radius 3 is 2.56 bits per heavy atom. The molecule has 5 nitrogen and oxygen atoms in total. The fourth-order valence-corrected chi connectivity index (χ4v) is 4.71. The maximum absolute atomic E-state index is 13.1. The minimum atomic E-state index is 0.183. The molecule has 0 bridgehead atoms. The first-order valence-corrected chi connectivity index (χ1v) is 9.86. The molecule has 1 aromatic rings. The van der Waals surface area contributed by atoms with E-state index in [1.165, 1.54) is 0 Å². The molecule has 0 saturated carbocycles. The second-order valence-electron chi connectivity index (χ2n) is 7.60. The number of aromatic nitrogens is 1. The summed E-state index contributed by atoms with van der Waals surface area (Å²) in [4.78, 5) is 22.3. The van der Waals surface area contributed by atoms with Gasteiger partial charge in [-0.25, -0.2) is 0 Å². The summed E-state index contributed by atoms with van der Waals surface area (Å²) in [6, 6.07) is 6.87. The van der Waals surface area contributed by atoms with Gasteiger partial charge in [-0.05, 0) is 63.7 Å². The van der Waals surface area contributed by atoms with Crippen LogP contribution in [0.4, 0.5) is 0 Å².